The Balaban J connectivity index is 1.84. The molecule has 1 aromatic rings. The number of nitrogens with zero attached hydrogens (tertiary/aromatic N) is 1. The van der Waals surface area contributed by atoms with E-state index in [1.807, 2.05) is 6.92 Å². The van der Waals surface area contributed by atoms with Crippen LogP contribution in [0.15, 0.2) is 18.2 Å². The summed E-state index contributed by atoms with van der Waals surface area (Å²) >= 11 is 0. The van der Waals surface area contributed by atoms with E-state index in [-0.39, 0.29) is 11.5 Å². The molecule has 3 rings (SSSR count). The molecule has 1 heterocycles. The van der Waals surface area contributed by atoms with Gasteiger partial charge in [-0.3, -0.25) is 9.59 Å². The first-order chi connectivity index (χ1) is 12.3. The lowest BCUT2D eigenvalue weighted by molar-refractivity contribution is -0.146. The summed E-state index contributed by atoms with van der Waals surface area (Å²) in [6.45, 7) is 2.58. The van der Waals surface area contributed by atoms with Gasteiger partial charge in [0.05, 0.1) is 5.56 Å². The van der Waals surface area contributed by atoms with Gasteiger partial charge in [0.1, 0.15) is 11.4 Å². The molecule has 1 saturated carbocycles. The minimum atomic E-state index is -1.37. The second-order valence-electron chi connectivity index (χ2n) is 7.34. The van der Waals surface area contributed by atoms with E-state index in [1.165, 1.54) is 17.0 Å². The summed E-state index contributed by atoms with van der Waals surface area (Å²) in [7, 11) is 0. The SMILES string of the molecule is CC1CCC(NC(=O)c2cc(N3CCCC3=O)ccc2F)(C(=O)O)CC1. The number of rotatable bonds is 4. The van der Waals surface area contributed by atoms with Crippen LogP contribution in [0.2, 0.25) is 0 Å². The predicted molar refractivity (Wildman–Crippen MR) is 93.5 cm³/mol. The number of carboxylic acid groups (broad SMARTS) is 1. The van der Waals surface area contributed by atoms with Gasteiger partial charge in [0.25, 0.3) is 5.91 Å². The third kappa shape index (κ3) is 3.43. The normalized spacial score (nSPS) is 26.0. The van der Waals surface area contributed by atoms with E-state index >= 15 is 0 Å². The molecule has 0 aromatic heterocycles. The quantitative estimate of drug-likeness (QED) is 0.862. The average Bonchev–Trinajstić information content (AvgIpc) is 3.03. The number of carbonyl (C=O) groups is 3. The molecule has 0 atom stereocenters. The number of anilines is 1. The molecule has 2 amide bonds. The highest BCUT2D eigenvalue weighted by molar-refractivity contribution is 6.01. The van der Waals surface area contributed by atoms with Gasteiger partial charge in [-0.2, -0.15) is 0 Å². The zero-order valence-corrected chi connectivity index (χ0v) is 14.8. The highest BCUT2D eigenvalue weighted by atomic mass is 19.1. The lowest BCUT2D eigenvalue weighted by Gasteiger charge is -2.36. The van der Waals surface area contributed by atoms with Crippen LogP contribution >= 0.6 is 0 Å². The molecule has 26 heavy (non-hydrogen) atoms. The first kappa shape index (κ1) is 18.4. The fraction of sp³-hybridized carbons (Fsp3) is 0.526. The van der Waals surface area contributed by atoms with Gasteiger partial charge in [0, 0.05) is 18.7 Å². The molecule has 0 radical (unpaired) electrons. The van der Waals surface area contributed by atoms with Gasteiger partial charge in [-0.05, 0) is 56.2 Å². The van der Waals surface area contributed by atoms with Crippen molar-refractivity contribution in [1.82, 2.24) is 5.32 Å². The summed E-state index contributed by atoms with van der Waals surface area (Å²) in [5.74, 6) is -2.24. The highest BCUT2D eigenvalue weighted by Crippen LogP contribution is 2.33. The Bertz CT molecular complexity index is 741. The Morgan fingerprint density at radius 2 is 2.00 bits per heavy atom. The van der Waals surface area contributed by atoms with Crippen molar-refractivity contribution in [1.29, 1.82) is 0 Å². The molecule has 1 aromatic carbocycles. The van der Waals surface area contributed by atoms with Gasteiger partial charge >= 0.3 is 5.97 Å². The highest BCUT2D eigenvalue weighted by Gasteiger charge is 2.43. The van der Waals surface area contributed by atoms with E-state index in [1.54, 1.807) is 0 Å². The lowest BCUT2D eigenvalue weighted by atomic mass is 9.77. The topological polar surface area (TPSA) is 86.7 Å². The van der Waals surface area contributed by atoms with E-state index in [2.05, 4.69) is 5.32 Å². The van der Waals surface area contributed by atoms with E-state index < -0.39 is 23.2 Å². The van der Waals surface area contributed by atoms with Crippen LogP contribution < -0.4 is 10.2 Å². The van der Waals surface area contributed by atoms with Gasteiger partial charge < -0.3 is 15.3 Å². The van der Waals surface area contributed by atoms with Crippen molar-refractivity contribution in [3.8, 4) is 0 Å². The van der Waals surface area contributed by atoms with Crippen LogP contribution in [0.3, 0.4) is 0 Å². The molecular formula is C19H23FN2O4. The van der Waals surface area contributed by atoms with Crippen molar-refractivity contribution in [2.75, 3.05) is 11.4 Å². The van der Waals surface area contributed by atoms with Crippen LogP contribution in [0.25, 0.3) is 0 Å². The summed E-state index contributed by atoms with van der Waals surface area (Å²) in [6.07, 6.45) is 3.17. The summed E-state index contributed by atoms with van der Waals surface area (Å²) in [6, 6.07) is 3.94. The Morgan fingerprint density at radius 3 is 2.58 bits per heavy atom. The molecule has 1 saturated heterocycles. The van der Waals surface area contributed by atoms with Crippen LogP contribution in [0, 0.1) is 11.7 Å². The molecule has 0 unspecified atom stereocenters. The average molecular weight is 362 g/mol. The van der Waals surface area contributed by atoms with Crippen LogP contribution in [0.5, 0.6) is 0 Å². The second kappa shape index (κ2) is 7.05. The summed E-state index contributed by atoms with van der Waals surface area (Å²) < 4.78 is 14.2. The summed E-state index contributed by atoms with van der Waals surface area (Å²) in [5, 5.41) is 12.2. The second-order valence-corrected chi connectivity index (χ2v) is 7.34. The maximum absolute atomic E-state index is 14.2. The fourth-order valence-electron chi connectivity index (χ4n) is 3.71. The lowest BCUT2D eigenvalue weighted by Crippen LogP contribution is -2.56. The van der Waals surface area contributed by atoms with Crippen LogP contribution in [-0.4, -0.2) is 35.0 Å². The van der Waals surface area contributed by atoms with Crippen LogP contribution in [-0.2, 0) is 9.59 Å². The Labute approximate surface area is 151 Å². The monoisotopic (exact) mass is 362 g/mol. The van der Waals surface area contributed by atoms with Gasteiger partial charge in [-0.15, -0.1) is 0 Å². The minimum Gasteiger partial charge on any atom is -0.480 e. The Kier molecular flexibility index (Phi) is 4.98. The third-order valence-electron chi connectivity index (χ3n) is 5.47. The third-order valence-corrected chi connectivity index (χ3v) is 5.47. The fourth-order valence-corrected chi connectivity index (χ4v) is 3.71. The molecule has 2 N–H and O–H groups in total. The molecule has 1 aliphatic carbocycles. The van der Waals surface area contributed by atoms with E-state index in [9.17, 15) is 23.9 Å². The van der Waals surface area contributed by atoms with Gasteiger partial charge in [-0.1, -0.05) is 6.92 Å². The number of nitrogens with one attached hydrogen (secondary N) is 1. The van der Waals surface area contributed by atoms with Crippen molar-refractivity contribution < 1.29 is 23.9 Å². The number of amides is 2. The van der Waals surface area contributed by atoms with Crippen molar-refractivity contribution in [3.63, 3.8) is 0 Å². The molecule has 0 bridgehead atoms. The van der Waals surface area contributed by atoms with Crippen LogP contribution in [0.1, 0.15) is 55.8 Å². The van der Waals surface area contributed by atoms with Gasteiger partial charge in [0.2, 0.25) is 5.91 Å². The van der Waals surface area contributed by atoms with Crippen molar-refractivity contribution >= 4 is 23.5 Å². The first-order valence-electron chi connectivity index (χ1n) is 8.98. The summed E-state index contributed by atoms with van der Waals surface area (Å²) in [4.78, 5) is 37.9. The van der Waals surface area contributed by atoms with Gasteiger partial charge in [0.15, 0.2) is 0 Å². The molecule has 140 valence electrons. The maximum Gasteiger partial charge on any atom is 0.329 e. The zero-order chi connectivity index (χ0) is 18.9. The standard InChI is InChI=1S/C19H23FN2O4/c1-12-6-8-19(9-7-12,18(25)26)21-17(24)14-11-13(4-5-15(14)20)22-10-2-3-16(22)23/h4-5,11-12H,2-3,6-10H2,1H3,(H,21,24)(H,25,26). The smallest absolute Gasteiger partial charge is 0.329 e. The number of halogens is 1. The molecule has 2 aliphatic rings. The number of hydrogen-bond acceptors (Lipinski definition) is 3. The Morgan fingerprint density at radius 1 is 1.31 bits per heavy atom. The summed E-state index contributed by atoms with van der Waals surface area (Å²) in [5.41, 5.74) is -1.14. The number of carbonyl (C=O) groups excluding carboxylic acids is 2. The molecule has 6 nitrogen and oxygen atoms in total. The largest absolute Gasteiger partial charge is 0.480 e. The predicted octanol–water partition coefficient (Wildman–Crippen LogP) is 2.72. The first-order valence-corrected chi connectivity index (χ1v) is 8.98. The van der Waals surface area contributed by atoms with E-state index in [0.29, 0.717) is 50.3 Å². The zero-order valence-electron chi connectivity index (χ0n) is 14.8. The van der Waals surface area contributed by atoms with Crippen LogP contribution in [0.4, 0.5) is 10.1 Å². The van der Waals surface area contributed by atoms with Crippen molar-refractivity contribution in [2.45, 2.75) is 51.0 Å². The van der Waals surface area contributed by atoms with E-state index in [0.717, 1.165) is 12.5 Å². The maximum atomic E-state index is 14.2. The van der Waals surface area contributed by atoms with Crippen molar-refractivity contribution in [3.05, 3.63) is 29.6 Å². The molecule has 1 aliphatic heterocycles. The molecule has 0 spiro atoms. The number of carboxylic acids is 1. The van der Waals surface area contributed by atoms with Crippen molar-refractivity contribution in [2.24, 2.45) is 5.92 Å². The Hall–Kier alpha value is -2.44. The number of benzene rings is 1. The van der Waals surface area contributed by atoms with E-state index in [4.69, 9.17) is 0 Å². The molecular weight excluding hydrogens is 339 g/mol. The number of hydrogen-bond donors (Lipinski definition) is 2. The molecule has 2 fully saturated rings. The molecule has 7 heteroatoms. The minimum absolute atomic E-state index is 0.0637. The van der Waals surface area contributed by atoms with Gasteiger partial charge in [-0.25, -0.2) is 9.18 Å². The number of aliphatic carboxylic acids is 1.